The van der Waals surface area contributed by atoms with Crippen LogP contribution in [0.25, 0.3) is 11.0 Å². The Bertz CT molecular complexity index is 1390. The maximum atomic E-state index is 14.0. The average molecular weight is 494 g/mol. The lowest BCUT2D eigenvalue weighted by Gasteiger charge is -2.38. The molecule has 0 radical (unpaired) electrons. The molecule has 2 heterocycles. The Morgan fingerprint density at radius 3 is 2.50 bits per heavy atom. The van der Waals surface area contributed by atoms with Crippen LogP contribution >= 0.6 is 23.2 Å². The van der Waals surface area contributed by atoms with Crippen LogP contribution in [-0.4, -0.2) is 28.0 Å². The van der Waals surface area contributed by atoms with Crippen LogP contribution in [0.2, 0.25) is 10.0 Å². The summed E-state index contributed by atoms with van der Waals surface area (Å²) in [6, 6.07) is 21.5. The van der Waals surface area contributed by atoms with Crippen LogP contribution in [0.15, 0.2) is 72.8 Å². The third-order valence-corrected chi connectivity index (χ3v) is 6.51. The summed E-state index contributed by atoms with van der Waals surface area (Å²) in [7, 11) is 0. The van der Waals surface area contributed by atoms with E-state index in [2.05, 4.69) is 0 Å². The molecule has 8 heteroatoms. The van der Waals surface area contributed by atoms with E-state index in [-0.39, 0.29) is 19.1 Å². The summed E-state index contributed by atoms with van der Waals surface area (Å²) in [4.78, 5) is 33.6. The highest BCUT2D eigenvalue weighted by atomic mass is 35.5. The first-order valence-corrected chi connectivity index (χ1v) is 11.7. The van der Waals surface area contributed by atoms with E-state index in [1.807, 2.05) is 59.2 Å². The maximum absolute atomic E-state index is 14.0. The Morgan fingerprint density at radius 2 is 1.76 bits per heavy atom. The third kappa shape index (κ3) is 3.83. The number of hydrogen-bond acceptors (Lipinski definition) is 4. The molecule has 4 aromatic rings. The zero-order chi connectivity index (χ0) is 23.8. The van der Waals surface area contributed by atoms with Gasteiger partial charge in [-0.25, -0.2) is 4.98 Å². The lowest BCUT2D eigenvalue weighted by atomic mass is 9.89. The van der Waals surface area contributed by atoms with Crippen LogP contribution in [0.5, 0.6) is 0 Å². The summed E-state index contributed by atoms with van der Waals surface area (Å²) in [5.74, 6) is -1.69. The Hall–Kier alpha value is -3.35. The van der Waals surface area contributed by atoms with Crippen molar-refractivity contribution in [2.24, 2.45) is 5.92 Å². The monoisotopic (exact) mass is 493 g/mol. The molecule has 0 spiro atoms. The zero-order valence-electron chi connectivity index (χ0n) is 18.3. The number of rotatable bonds is 5. The van der Waals surface area contributed by atoms with E-state index in [0.717, 1.165) is 11.1 Å². The number of imidazole rings is 1. The van der Waals surface area contributed by atoms with Gasteiger partial charge in [-0.2, -0.15) is 0 Å². The first kappa shape index (κ1) is 22.4. The number of amides is 1. The van der Waals surface area contributed by atoms with Gasteiger partial charge in [0.05, 0.1) is 30.2 Å². The van der Waals surface area contributed by atoms with Crippen LogP contribution in [0.3, 0.4) is 0 Å². The minimum Gasteiger partial charge on any atom is -0.465 e. The van der Waals surface area contributed by atoms with Gasteiger partial charge in [0.25, 0.3) is 0 Å². The van der Waals surface area contributed by atoms with Gasteiger partial charge in [0, 0.05) is 10.0 Å². The summed E-state index contributed by atoms with van der Waals surface area (Å²) < 4.78 is 7.29. The standard InChI is InChI=1S/C26H21Cl2N3O3/c1-2-34-25(33)22-23(18-13-12-17(27)14-19(18)28)31-21-11-7-6-10-20(21)29-26(31)30(24(22)32)15-16-8-4-3-5-9-16/h3-14,22-23H,2,15H2,1H3/t22-,23+/m0/s1. The smallest absolute Gasteiger partial charge is 0.321 e. The molecule has 34 heavy (non-hydrogen) atoms. The van der Waals surface area contributed by atoms with Crippen molar-refractivity contribution in [2.75, 3.05) is 11.5 Å². The number of halogens is 2. The molecule has 5 rings (SSSR count). The Kier molecular flexibility index (Phi) is 6.02. The number of benzene rings is 3. The fourth-order valence-electron chi connectivity index (χ4n) is 4.48. The van der Waals surface area contributed by atoms with Gasteiger partial charge in [0.1, 0.15) is 0 Å². The number of aromatic nitrogens is 2. The average Bonchev–Trinajstić information content (AvgIpc) is 3.21. The van der Waals surface area contributed by atoms with Gasteiger partial charge in [-0.15, -0.1) is 0 Å². The highest BCUT2D eigenvalue weighted by Crippen LogP contribution is 2.44. The molecule has 0 bridgehead atoms. The van der Waals surface area contributed by atoms with Crippen molar-refractivity contribution in [2.45, 2.75) is 19.5 Å². The highest BCUT2D eigenvalue weighted by molar-refractivity contribution is 6.35. The van der Waals surface area contributed by atoms with Crippen molar-refractivity contribution in [1.82, 2.24) is 9.55 Å². The first-order chi connectivity index (χ1) is 16.5. The fourth-order valence-corrected chi connectivity index (χ4v) is 5.00. The van der Waals surface area contributed by atoms with E-state index in [1.54, 1.807) is 30.0 Å². The number of hydrogen-bond donors (Lipinski definition) is 0. The predicted octanol–water partition coefficient (Wildman–Crippen LogP) is 5.66. The molecule has 1 aromatic heterocycles. The molecule has 0 unspecified atom stereocenters. The van der Waals surface area contributed by atoms with Crippen LogP contribution in [0.4, 0.5) is 5.95 Å². The molecule has 1 amide bonds. The van der Waals surface area contributed by atoms with Gasteiger partial charge >= 0.3 is 5.97 Å². The Balaban J connectivity index is 1.77. The summed E-state index contributed by atoms with van der Waals surface area (Å²) in [6.45, 7) is 2.13. The molecular weight excluding hydrogens is 473 g/mol. The molecule has 2 atom stereocenters. The number of esters is 1. The summed E-state index contributed by atoms with van der Waals surface area (Å²) in [5, 5.41) is 0.824. The molecule has 1 aliphatic heterocycles. The van der Waals surface area contributed by atoms with Crippen LogP contribution < -0.4 is 4.90 Å². The summed E-state index contributed by atoms with van der Waals surface area (Å²) >= 11 is 12.8. The van der Waals surface area contributed by atoms with E-state index in [4.69, 9.17) is 32.9 Å². The largest absolute Gasteiger partial charge is 0.465 e. The number of carbonyl (C=O) groups is 2. The number of nitrogens with zero attached hydrogens (tertiary/aromatic N) is 3. The number of anilines is 1. The number of fused-ring (bicyclic) bond motifs is 3. The molecule has 0 saturated carbocycles. The van der Waals surface area contributed by atoms with E-state index in [1.165, 1.54) is 0 Å². The van der Waals surface area contributed by atoms with E-state index in [9.17, 15) is 9.59 Å². The second kappa shape index (κ2) is 9.12. The number of para-hydroxylation sites is 2. The molecule has 0 N–H and O–H groups in total. The predicted molar refractivity (Wildman–Crippen MR) is 132 cm³/mol. The van der Waals surface area contributed by atoms with Crippen LogP contribution in [0.1, 0.15) is 24.1 Å². The minimum absolute atomic E-state index is 0.153. The molecular formula is C26H21Cl2N3O3. The quantitative estimate of drug-likeness (QED) is 0.265. The zero-order valence-corrected chi connectivity index (χ0v) is 19.8. The van der Waals surface area contributed by atoms with Gasteiger partial charge in [-0.3, -0.25) is 14.5 Å². The van der Waals surface area contributed by atoms with Crippen molar-refractivity contribution in [1.29, 1.82) is 0 Å². The van der Waals surface area contributed by atoms with Crippen molar-refractivity contribution in [3.05, 3.63) is 94.0 Å². The lowest BCUT2D eigenvalue weighted by Crippen LogP contribution is -2.49. The highest BCUT2D eigenvalue weighted by Gasteiger charge is 2.48. The van der Waals surface area contributed by atoms with Crippen molar-refractivity contribution in [3.8, 4) is 0 Å². The van der Waals surface area contributed by atoms with E-state index < -0.39 is 17.9 Å². The van der Waals surface area contributed by atoms with Gasteiger partial charge in [-0.1, -0.05) is 71.7 Å². The minimum atomic E-state index is -1.15. The van der Waals surface area contributed by atoms with Crippen LogP contribution in [0, 0.1) is 5.92 Å². The summed E-state index contributed by atoms with van der Waals surface area (Å²) in [5.41, 5.74) is 3.01. The van der Waals surface area contributed by atoms with Crippen molar-refractivity contribution in [3.63, 3.8) is 0 Å². The topological polar surface area (TPSA) is 64.4 Å². The molecule has 0 saturated heterocycles. The molecule has 3 aromatic carbocycles. The van der Waals surface area contributed by atoms with Crippen molar-refractivity contribution < 1.29 is 14.3 Å². The van der Waals surface area contributed by atoms with Gasteiger partial charge < -0.3 is 9.30 Å². The van der Waals surface area contributed by atoms with E-state index in [0.29, 0.717) is 27.1 Å². The normalized spacial score (nSPS) is 17.6. The van der Waals surface area contributed by atoms with Gasteiger partial charge in [0.2, 0.25) is 11.9 Å². The molecule has 0 fully saturated rings. The second-order valence-electron chi connectivity index (χ2n) is 8.02. The molecule has 1 aliphatic rings. The fraction of sp³-hybridized carbons (Fsp3) is 0.192. The maximum Gasteiger partial charge on any atom is 0.321 e. The van der Waals surface area contributed by atoms with Gasteiger partial charge in [-0.05, 0) is 42.3 Å². The molecule has 0 aliphatic carbocycles. The van der Waals surface area contributed by atoms with Gasteiger partial charge in [0.15, 0.2) is 5.92 Å². The van der Waals surface area contributed by atoms with Crippen molar-refractivity contribution >= 4 is 52.1 Å². The Labute approximate surface area is 206 Å². The third-order valence-electron chi connectivity index (χ3n) is 5.95. The first-order valence-electron chi connectivity index (χ1n) is 10.9. The van der Waals surface area contributed by atoms with Crippen LogP contribution in [-0.2, 0) is 20.9 Å². The SMILES string of the molecule is CCOC(=O)[C@@H]1C(=O)N(Cc2ccccc2)c2nc3ccccc3n2[C@@H]1c1ccc(Cl)cc1Cl. The number of carbonyl (C=O) groups excluding carboxylic acids is 2. The summed E-state index contributed by atoms with van der Waals surface area (Å²) in [6.07, 6.45) is 0. The number of ether oxygens (including phenoxy) is 1. The molecule has 6 nitrogen and oxygen atoms in total. The van der Waals surface area contributed by atoms with E-state index >= 15 is 0 Å². The lowest BCUT2D eigenvalue weighted by molar-refractivity contribution is -0.153. The second-order valence-corrected chi connectivity index (χ2v) is 8.86. The molecule has 172 valence electrons. The Morgan fingerprint density at radius 1 is 1.03 bits per heavy atom.